The molecule has 0 bridgehead atoms. The van der Waals surface area contributed by atoms with Crippen molar-refractivity contribution in [3.05, 3.63) is 113 Å². The van der Waals surface area contributed by atoms with Crippen molar-refractivity contribution < 1.29 is 23.9 Å². The molecule has 0 saturated heterocycles. The molecule has 182 valence electrons. The van der Waals surface area contributed by atoms with Gasteiger partial charge in [-0.1, -0.05) is 35.9 Å². The number of fused-ring (bicyclic) bond motifs is 1. The zero-order chi connectivity index (χ0) is 26.1. The lowest BCUT2D eigenvalue weighted by Gasteiger charge is -2.14. The predicted molar refractivity (Wildman–Crippen MR) is 139 cm³/mol. The van der Waals surface area contributed by atoms with Gasteiger partial charge in [0, 0.05) is 12.6 Å². The Morgan fingerprint density at radius 3 is 2.08 bits per heavy atom. The van der Waals surface area contributed by atoms with Crippen molar-refractivity contribution in [3.63, 3.8) is 0 Å². The Hall–Kier alpha value is -5.04. The average molecular weight is 491 g/mol. The van der Waals surface area contributed by atoms with Crippen molar-refractivity contribution in [1.82, 2.24) is 4.90 Å². The van der Waals surface area contributed by atoms with Gasteiger partial charge in [0.1, 0.15) is 11.5 Å². The summed E-state index contributed by atoms with van der Waals surface area (Å²) in [5.74, 6) is -0.00107. The highest BCUT2D eigenvalue weighted by molar-refractivity contribution is 6.34. The van der Waals surface area contributed by atoms with Gasteiger partial charge in [-0.15, -0.1) is 0 Å². The third-order valence-electron chi connectivity index (χ3n) is 6.16. The van der Waals surface area contributed by atoms with Crippen LogP contribution in [0.15, 0.2) is 91.0 Å². The molecule has 0 atom stereocenters. The van der Waals surface area contributed by atoms with Crippen LogP contribution in [0.2, 0.25) is 0 Å². The molecule has 0 aromatic heterocycles. The first-order chi connectivity index (χ1) is 17.9. The molecule has 0 spiro atoms. The molecule has 37 heavy (non-hydrogen) atoms. The molecular formula is C30H22N2O5. The zero-order valence-electron chi connectivity index (χ0n) is 20.2. The maximum Gasteiger partial charge on any atom is 0.266 e. The van der Waals surface area contributed by atoms with Crippen molar-refractivity contribution >= 4 is 29.8 Å². The topological polar surface area (TPSA) is 84.0 Å². The van der Waals surface area contributed by atoms with Crippen LogP contribution in [0.3, 0.4) is 0 Å². The van der Waals surface area contributed by atoms with Crippen LogP contribution in [0.5, 0.6) is 11.5 Å². The maximum atomic E-state index is 13.3. The van der Waals surface area contributed by atoms with E-state index in [0.717, 1.165) is 15.4 Å². The summed E-state index contributed by atoms with van der Waals surface area (Å²) in [4.78, 5) is 51.8. The van der Waals surface area contributed by atoms with Crippen LogP contribution in [0, 0.1) is 6.92 Å². The second-order valence-electron chi connectivity index (χ2n) is 8.72. The van der Waals surface area contributed by atoms with Crippen LogP contribution >= 0.6 is 0 Å². The van der Waals surface area contributed by atoms with Gasteiger partial charge in [-0.25, -0.2) is 4.90 Å². The molecule has 0 radical (unpaired) electrons. The van der Waals surface area contributed by atoms with E-state index in [1.54, 1.807) is 66.7 Å². The molecule has 4 amide bonds. The third-order valence-corrected chi connectivity index (χ3v) is 6.16. The fourth-order valence-corrected chi connectivity index (χ4v) is 4.14. The lowest BCUT2D eigenvalue weighted by Crippen LogP contribution is -2.29. The summed E-state index contributed by atoms with van der Waals surface area (Å²) in [6.07, 6.45) is 0.449. The number of aryl methyl sites for hydroxylation is 1. The molecule has 0 unspecified atom stereocenters. The van der Waals surface area contributed by atoms with Crippen LogP contribution in [0.1, 0.15) is 36.6 Å². The van der Waals surface area contributed by atoms with Gasteiger partial charge in [0.25, 0.3) is 17.7 Å². The first kappa shape index (κ1) is 23.7. The Morgan fingerprint density at radius 2 is 1.41 bits per heavy atom. The summed E-state index contributed by atoms with van der Waals surface area (Å²) in [5, 5.41) is 0. The summed E-state index contributed by atoms with van der Waals surface area (Å²) in [7, 11) is 1.39. The van der Waals surface area contributed by atoms with Crippen molar-refractivity contribution in [2.45, 2.75) is 6.92 Å². The molecule has 5 rings (SSSR count). The molecular weight excluding hydrogens is 468 g/mol. The van der Waals surface area contributed by atoms with Gasteiger partial charge in [0.15, 0.2) is 0 Å². The summed E-state index contributed by atoms with van der Waals surface area (Å²) >= 11 is 0. The molecule has 7 heteroatoms. The van der Waals surface area contributed by atoms with Crippen LogP contribution in [0.4, 0.5) is 5.69 Å². The third kappa shape index (κ3) is 4.50. The number of hydrogen-bond acceptors (Lipinski definition) is 5. The van der Waals surface area contributed by atoms with Crippen molar-refractivity contribution in [2.75, 3.05) is 11.9 Å². The highest BCUT2D eigenvalue weighted by Crippen LogP contribution is 2.33. The molecule has 7 nitrogen and oxygen atoms in total. The normalized spacial score (nSPS) is 12.3. The van der Waals surface area contributed by atoms with E-state index in [0.29, 0.717) is 45.9 Å². The van der Waals surface area contributed by atoms with Gasteiger partial charge >= 0.3 is 0 Å². The fraction of sp³-hybridized carbons (Fsp3) is 0.0667. The van der Waals surface area contributed by atoms with Crippen LogP contribution < -0.4 is 9.64 Å². The lowest BCUT2D eigenvalue weighted by atomic mass is 9.98. The Balaban J connectivity index is 1.39. The number of anilines is 1. The van der Waals surface area contributed by atoms with Crippen LogP contribution in [0.25, 0.3) is 11.1 Å². The van der Waals surface area contributed by atoms with Crippen molar-refractivity contribution in [2.24, 2.45) is 0 Å². The fourth-order valence-electron chi connectivity index (χ4n) is 4.14. The number of benzene rings is 4. The van der Waals surface area contributed by atoms with E-state index >= 15 is 0 Å². The van der Waals surface area contributed by atoms with Gasteiger partial charge < -0.3 is 4.74 Å². The Morgan fingerprint density at radius 1 is 0.784 bits per heavy atom. The van der Waals surface area contributed by atoms with Crippen molar-refractivity contribution in [3.8, 4) is 22.6 Å². The van der Waals surface area contributed by atoms with Crippen molar-refractivity contribution in [1.29, 1.82) is 0 Å². The van der Waals surface area contributed by atoms with Gasteiger partial charge in [-0.2, -0.15) is 0 Å². The number of rotatable bonds is 6. The maximum absolute atomic E-state index is 13.3. The van der Waals surface area contributed by atoms with E-state index in [1.165, 1.54) is 7.05 Å². The zero-order valence-corrected chi connectivity index (χ0v) is 20.2. The molecule has 0 N–H and O–H groups in total. The summed E-state index contributed by atoms with van der Waals surface area (Å²) in [5.41, 5.74) is 3.85. The van der Waals surface area contributed by atoms with E-state index in [-0.39, 0.29) is 5.56 Å². The SMILES string of the molecule is Cc1ccc(Oc2ccc(N3C(=O)c4ccc(-c5cccc(C(=O)N(C)C=O)c5)cc4C3=O)cc2)cc1. The van der Waals surface area contributed by atoms with Gasteiger partial charge in [0.2, 0.25) is 6.41 Å². The standard InChI is InChI=1S/C30H22N2O5/c1-19-6-11-24(12-7-19)37-25-13-9-23(10-14-25)32-29(35)26-15-8-21(17-27(26)30(32)36)20-4-3-5-22(16-20)28(34)31(2)18-33/h3-18H,1-2H3. The summed E-state index contributed by atoms with van der Waals surface area (Å²) < 4.78 is 5.84. The minimum absolute atomic E-state index is 0.282. The second-order valence-corrected chi connectivity index (χ2v) is 8.72. The quantitative estimate of drug-likeness (QED) is 0.264. The molecule has 0 saturated carbocycles. The summed E-state index contributed by atoms with van der Waals surface area (Å²) in [6, 6.07) is 26.2. The largest absolute Gasteiger partial charge is 0.457 e. The Labute approximate surface area is 213 Å². The van der Waals surface area contributed by atoms with Gasteiger partial charge in [-0.3, -0.25) is 24.1 Å². The van der Waals surface area contributed by atoms with Gasteiger partial charge in [0.05, 0.1) is 16.8 Å². The first-order valence-corrected chi connectivity index (χ1v) is 11.6. The molecule has 4 aromatic carbocycles. The smallest absolute Gasteiger partial charge is 0.266 e. The molecule has 1 heterocycles. The van der Waals surface area contributed by atoms with Crippen LogP contribution in [-0.2, 0) is 4.79 Å². The first-order valence-electron chi connectivity index (χ1n) is 11.6. The number of carbonyl (C=O) groups is 4. The van der Waals surface area contributed by atoms with E-state index in [4.69, 9.17) is 4.74 Å². The number of nitrogens with zero attached hydrogens (tertiary/aromatic N) is 2. The molecule has 0 aliphatic carbocycles. The van der Waals surface area contributed by atoms with E-state index in [2.05, 4.69) is 0 Å². The lowest BCUT2D eigenvalue weighted by molar-refractivity contribution is -0.115. The monoisotopic (exact) mass is 490 g/mol. The number of hydrogen-bond donors (Lipinski definition) is 0. The second kappa shape index (κ2) is 9.54. The predicted octanol–water partition coefficient (Wildman–Crippen LogP) is 5.48. The number of ether oxygens (including phenoxy) is 1. The molecule has 1 aliphatic rings. The average Bonchev–Trinajstić information content (AvgIpc) is 3.18. The summed E-state index contributed by atoms with van der Waals surface area (Å²) in [6.45, 7) is 2.00. The highest BCUT2D eigenvalue weighted by atomic mass is 16.5. The minimum Gasteiger partial charge on any atom is -0.457 e. The minimum atomic E-state index is -0.440. The van der Waals surface area contributed by atoms with Gasteiger partial charge in [-0.05, 0) is 78.7 Å². The molecule has 4 aromatic rings. The van der Waals surface area contributed by atoms with Crippen LogP contribution in [-0.4, -0.2) is 36.1 Å². The van der Waals surface area contributed by atoms with E-state index in [9.17, 15) is 19.2 Å². The molecule has 0 fully saturated rings. The highest BCUT2D eigenvalue weighted by Gasteiger charge is 2.36. The van der Waals surface area contributed by atoms with E-state index < -0.39 is 17.7 Å². The number of carbonyl (C=O) groups excluding carboxylic acids is 4. The Kier molecular flexibility index (Phi) is 6.11. The Bertz CT molecular complexity index is 1540. The molecule has 1 aliphatic heterocycles. The van der Waals surface area contributed by atoms with E-state index in [1.807, 2.05) is 31.2 Å². The number of amides is 4. The number of imide groups is 2.